The van der Waals surface area contributed by atoms with Gasteiger partial charge in [0.25, 0.3) is 0 Å². The molecule has 1 unspecified atom stereocenters. The van der Waals surface area contributed by atoms with Gasteiger partial charge < -0.3 is 5.73 Å². The lowest BCUT2D eigenvalue weighted by Gasteiger charge is -2.16. The van der Waals surface area contributed by atoms with Crippen LogP contribution in [0.15, 0.2) is 36.4 Å². The van der Waals surface area contributed by atoms with E-state index in [2.05, 4.69) is 0 Å². The first-order chi connectivity index (χ1) is 8.99. The maximum atomic E-state index is 13.8. The lowest BCUT2D eigenvalue weighted by atomic mass is 9.96. The largest absolute Gasteiger partial charge is 0.324 e. The average Bonchev–Trinajstić information content (AvgIpc) is 2.38. The van der Waals surface area contributed by atoms with Gasteiger partial charge in [-0.25, -0.2) is 4.39 Å². The van der Waals surface area contributed by atoms with Crippen LogP contribution < -0.4 is 5.73 Å². The summed E-state index contributed by atoms with van der Waals surface area (Å²) in [5, 5.41) is 0.745. The van der Waals surface area contributed by atoms with E-state index in [-0.39, 0.29) is 11.1 Å². The first kappa shape index (κ1) is 14.3. The van der Waals surface area contributed by atoms with Crippen molar-refractivity contribution in [3.8, 4) is 0 Å². The Labute approximate surface area is 122 Å². The molecular formula is C15H14Cl2FN. The zero-order chi connectivity index (χ0) is 14.0. The SMILES string of the molecule is Cc1ccc(Cl)cc1C(N)Cc1cccc(Cl)c1F. The Morgan fingerprint density at radius 1 is 1.21 bits per heavy atom. The van der Waals surface area contributed by atoms with E-state index in [0.29, 0.717) is 17.0 Å². The van der Waals surface area contributed by atoms with Crippen LogP contribution in [-0.4, -0.2) is 0 Å². The highest BCUT2D eigenvalue weighted by atomic mass is 35.5. The first-order valence-electron chi connectivity index (χ1n) is 5.93. The van der Waals surface area contributed by atoms with Crippen LogP contribution in [0.2, 0.25) is 10.0 Å². The smallest absolute Gasteiger partial charge is 0.145 e. The van der Waals surface area contributed by atoms with Crippen molar-refractivity contribution in [2.24, 2.45) is 5.73 Å². The summed E-state index contributed by atoms with van der Waals surface area (Å²) in [5.41, 5.74) is 8.62. The van der Waals surface area contributed by atoms with Crippen LogP contribution in [0.3, 0.4) is 0 Å². The van der Waals surface area contributed by atoms with Gasteiger partial charge in [0.05, 0.1) is 5.02 Å². The minimum Gasteiger partial charge on any atom is -0.324 e. The highest BCUT2D eigenvalue weighted by Gasteiger charge is 2.14. The van der Waals surface area contributed by atoms with Gasteiger partial charge in [-0.2, -0.15) is 0 Å². The molecule has 0 radical (unpaired) electrons. The molecule has 2 N–H and O–H groups in total. The molecule has 0 saturated heterocycles. The summed E-state index contributed by atoms with van der Waals surface area (Å²) in [4.78, 5) is 0. The van der Waals surface area contributed by atoms with Crippen LogP contribution in [0.1, 0.15) is 22.7 Å². The van der Waals surface area contributed by atoms with Crippen molar-refractivity contribution >= 4 is 23.2 Å². The van der Waals surface area contributed by atoms with Crippen LogP contribution in [0, 0.1) is 12.7 Å². The van der Waals surface area contributed by atoms with E-state index in [0.717, 1.165) is 11.1 Å². The molecule has 0 saturated carbocycles. The molecule has 0 aliphatic carbocycles. The van der Waals surface area contributed by atoms with Crippen molar-refractivity contribution in [3.05, 3.63) is 69.0 Å². The molecule has 0 bridgehead atoms. The molecule has 2 aromatic rings. The van der Waals surface area contributed by atoms with E-state index >= 15 is 0 Å². The molecule has 1 atom stereocenters. The molecule has 4 heteroatoms. The van der Waals surface area contributed by atoms with Crippen LogP contribution >= 0.6 is 23.2 Å². The second-order valence-corrected chi connectivity index (χ2v) is 5.37. The Morgan fingerprint density at radius 2 is 1.95 bits per heavy atom. The summed E-state index contributed by atoms with van der Waals surface area (Å²) in [7, 11) is 0. The Kier molecular flexibility index (Phi) is 4.46. The summed E-state index contributed by atoms with van der Waals surface area (Å²) in [5.74, 6) is -0.403. The fourth-order valence-electron chi connectivity index (χ4n) is 2.06. The summed E-state index contributed by atoms with van der Waals surface area (Å²) in [6, 6.07) is 10.2. The minimum atomic E-state index is -0.403. The molecule has 0 aliphatic heterocycles. The summed E-state index contributed by atoms with van der Waals surface area (Å²) in [6.45, 7) is 1.96. The van der Waals surface area contributed by atoms with Gasteiger partial charge in [-0.1, -0.05) is 41.4 Å². The topological polar surface area (TPSA) is 26.0 Å². The number of aryl methyl sites for hydroxylation is 1. The maximum absolute atomic E-state index is 13.8. The number of halogens is 3. The molecule has 0 spiro atoms. The number of nitrogens with two attached hydrogens (primary N) is 1. The quantitative estimate of drug-likeness (QED) is 0.874. The predicted octanol–water partition coefficient (Wildman–Crippen LogP) is 4.68. The van der Waals surface area contributed by atoms with Crippen molar-refractivity contribution in [1.29, 1.82) is 0 Å². The van der Waals surface area contributed by atoms with Gasteiger partial charge in [-0.05, 0) is 48.2 Å². The zero-order valence-corrected chi connectivity index (χ0v) is 12.0. The number of hydrogen-bond donors (Lipinski definition) is 1. The highest BCUT2D eigenvalue weighted by molar-refractivity contribution is 6.31. The summed E-state index contributed by atoms with van der Waals surface area (Å²) in [6.07, 6.45) is 0.383. The van der Waals surface area contributed by atoms with Crippen molar-refractivity contribution in [2.45, 2.75) is 19.4 Å². The van der Waals surface area contributed by atoms with Gasteiger partial charge >= 0.3 is 0 Å². The molecule has 0 fully saturated rings. The molecule has 0 amide bonds. The normalized spacial score (nSPS) is 12.5. The van der Waals surface area contributed by atoms with Crippen LogP contribution in [0.5, 0.6) is 0 Å². The molecule has 19 heavy (non-hydrogen) atoms. The Bertz CT molecular complexity index is 599. The maximum Gasteiger partial charge on any atom is 0.145 e. The van der Waals surface area contributed by atoms with E-state index in [9.17, 15) is 4.39 Å². The van der Waals surface area contributed by atoms with E-state index in [1.807, 2.05) is 25.1 Å². The number of rotatable bonds is 3. The van der Waals surface area contributed by atoms with Crippen LogP contribution in [-0.2, 0) is 6.42 Å². The Hall–Kier alpha value is -1.09. The van der Waals surface area contributed by atoms with Crippen LogP contribution in [0.25, 0.3) is 0 Å². The number of hydrogen-bond acceptors (Lipinski definition) is 1. The molecule has 1 nitrogen and oxygen atoms in total. The van der Waals surface area contributed by atoms with Crippen molar-refractivity contribution in [3.63, 3.8) is 0 Å². The summed E-state index contributed by atoms with van der Waals surface area (Å²) < 4.78 is 13.8. The van der Waals surface area contributed by atoms with Crippen LogP contribution in [0.4, 0.5) is 4.39 Å². The second kappa shape index (κ2) is 5.91. The van der Waals surface area contributed by atoms with Gasteiger partial charge in [0, 0.05) is 11.1 Å². The van der Waals surface area contributed by atoms with Crippen molar-refractivity contribution in [2.75, 3.05) is 0 Å². The van der Waals surface area contributed by atoms with Gasteiger partial charge in [-0.3, -0.25) is 0 Å². The van der Waals surface area contributed by atoms with E-state index in [1.54, 1.807) is 12.1 Å². The monoisotopic (exact) mass is 297 g/mol. The first-order valence-corrected chi connectivity index (χ1v) is 6.69. The zero-order valence-electron chi connectivity index (χ0n) is 10.5. The molecule has 0 aliphatic rings. The lowest BCUT2D eigenvalue weighted by molar-refractivity contribution is 0.593. The fraction of sp³-hybridized carbons (Fsp3) is 0.200. The van der Waals surface area contributed by atoms with Gasteiger partial charge in [0.15, 0.2) is 0 Å². The Balaban J connectivity index is 2.28. The molecule has 0 heterocycles. The molecule has 2 aromatic carbocycles. The van der Waals surface area contributed by atoms with Gasteiger partial charge in [-0.15, -0.1) is 0 Å². The van der Waals surface area contributed by atoms with Crippen molar-refractivity contribution in [1.82, 2.24) is 0 Å². The minimum absolute atomic E-state index is 0.118. The third kappa shape index (κ3) is 3.27. The lowest BCUT2D eigenvalue weighted by Crippen LogP contribution is -2.15. The predicted molar refractivity (Wildman–Crippen MR) is 78.2 cm³/mol. The van der Waals surface area contributed by atoms with E-state index < -0.39 is 5.82 Å². The standard InChI is InChI=1S/C15H14Cl2FN/c1-9-5-6-11(16)8-12(9)14(19)7-10-3-2-4-13(17)15(10)18/h2-6,8,14H,7,19H2,1H3. The molecule has 2 rings (SSSR count). The third-order valence-corrected chi connectivity index (χ3v) is 3.64. The highest BCUT2D eigenvalue weighted by Crippen LogP contribution is 2.26. The Morgan fingerprint density at radius 3 is 2.68 bits per heavy atom. The molecular weight excluding hydrogens is 284 g/mol. The fourth-order valence-corrected chi connectivity index (χ4v) is 2.44. The second-order valence-electron chi connectivity index (χ2n) is 4.52. The molecule has 0 aromatic heterocycles. The van der Waals surface area contributed by atoms with Gasteiger partial charge in [0.2, 0.25) is 0 Å². The van der Waals surface area contributed by atoms with E-state index in [1.165, 1.54) is 6.07 Å². The summed E-state index contributed by atoms with van der Waals surface area (Å²) >= 11 is 11.7. The molecule has 100 valence electrons. The van der Waals surface area contributed by atoms with Crippen molar-refractivity contribution < 1.29 is 4.39 Å². The average molecular weight is 298 g/mol. The number of benzene rings is 2. The third-order valence-electron chi connectivity index (χ3n) is 3.11. The van der Waals surface area contributed by atoms with E-state index in [4.69, 9.17) is 28.9 Å². The van der Waals surface area contributed by atoms with Gasteiger partial charge in [0.1, 0.15) is 5.82 Å².